The normalized spacial score (nSPS) is 13.7. The molecule has 3 rings (SSSR count). The lowest BCUT2D eigenvalue weighted by Crippen LogP contribution is -2.02. The molecule has 0 fully saturated rings. The number of ketones is 1. The third kappa shape index (κ3) is 2.42. The first-order chi connectivity index (χ1) is 9.34. The fourth-order valence-corrected chi connectivity index (χ4v) is 1.97. The molecule has 0 spiro atoms. The lowest BCUT2D eigenvalue weighted by atomic mass is 10.0. The summed E-state index contributed by atoms with van der Waals surface area (Å²) < 4.78 is 11.1. The van der Waals surface area contributed by atoms with E-state index in [1.165, 1.54) is 0 Å². The second-order valence-electron chi connectivity index (χ2n) is 4.28. The fraction of sp³-hybridized carbons (Fsp3) is 0.200. The number of fused-ring (bicyclic) bond motifs is 1. The van der Waals surface area contributed by atoms with E-state index in [-0.39, 0.29) is 5.78 Å². The zero-order chi connectivity index (χ0) is 13.1. The van der Waals surface area contributed by atoms with Crippen LogP contribution in [-0.4, -0.2) is 24.0 Å². The topological polar surface area (TPSA) is 48.4 Å². The number of nitrogens with zero attached hydrogens (tertiary/aromatic N) is 1. The molecule has 0 atom stereocenters. The van der Waals surface area contributed by atoms with Gasteiger partial charge in [0.1, 0.15) is 0 Å². The molecule has 96 valence electrons. The lowest BCUT2D eigenvalue weighted by molar-refractivity contribution is 0.103. The van der Waals surface area contributed by atoms with Gasteiger partial charge in [0.05, 0.1) is 13.2 Å². The van der Waals surface area contributed by atoms with Crippen LogP contribution < -0.4 is 9.47 Å². The molecule has 0 aliphatic carbocycles. The van der Waals surface area contributed by atoms with E-state index in [9.17, 15) is 4.79 Å². The number of ether oxygens (including phenoxy) is 2. The van der Waals surface area contributed by atoms with Crippen molar-refractivity contribution < 1.29 is 14.3 Å². The fourth-order valence-electron chi connectivity index (χ4n) is 1.97. The largest absolute Gasteiger partial charge is 0.490 e. The molecule has 0 unspecified atom stereocenters. The van der Waals surface area contributed by atoms with Crippen molar-refractivity contribution in [1.29, 1.82) is 0 Å². The van der Waals surface area contributed by atoms with Crippen molar-refractivity contribution >= 4 is 5.78 Å². The number of benzene rings is 1. The van der Waals surface area contributed by atoms with Gasteiger partial charge in [0, 0.05) is 29.9 Å². The third-order valence-electron chi connectivity index (χ3n) is 2.93. The van der Waals surface area contributed by atoms with Gasteiger partial charge in [-0.2, -0.15) is 0 Å². The smallest absolute Gasteiger partial charge is 0.194 e. The Hall–Kier alpha value is -2.36. The van der Waals surface area contributed by atoms with Crippen LogP contribution >= 0.6 is 0 Å². The van der Waals surface area contributed by atoms with Crippen molar-refractivity contribution in [3.05, 3.63) is 53.9 Å². The summed E-state index contributed by atoms with van der Waals surface area (Å²) in [5.41, 5.74) is 1.15. The van der Waals surface area contributed by atoms with Gasteiger partial charge in [0.25, 0.3) is 0 Å². The third-order valence-corrected chi connectivity index (χ3v) is 2.93. The molecule has 1 aliphatic rings. The maximum Gasteiger partial charge on any atom is 0.194 e. The quantitative estimate of drug-likeness (QED) is 0.773. The molecule has 4 nitrogen and oxygen atoms in total. The van der Waals surface area contributed by atoms with Crippen LogP contribution in [-0.2, 0) is 0 Å². The van der Waals surface area contributed by atoms with Crippen LogP contribution in [0.5, 0.6) is 11.5 Å². The van der Waals surface area contributed by atoms with Gasteiger partial charge >= 0.3 is 0 Å². The minimum absolute atomic E-state index is 0.0660. The zero-order valence-electron chi connectivity index (χ0n) is 10.3. The SMILES string of the molecule is O=C(c1cccnc1)c1ccc2c(c1)OCCCO2. The number of carbonyl (C=O) groups excluding carboxylic acids is 1. The second-order valence-corrected chi connectivity index (χ2v) is 4.28. The van der Waals surface area contributed by atoms with Crippen LogP contribution in [0.3, 0.4) is 0 Å². The minimum atomic E-state index is -0.0660. The van der Waals surface area contributed by atoms with Gasteiger partial charge in [0.15, 0.2) is 17.3 Å². The van der Waals surface area contributed by atoms with E-state index < -0.39 is 0 Å². The highest BCUT2D eigenvalue weighted by Gasteiger charge is 2.15. The second kappa shape index (κ2) is 5.10. The number of hydrogen-bond donors (Lipinski definition) is 0. The highest BCUT2D eigenvalue weighted by molar-refractivity contribution is 6.09. The average Bonchev–Trinajstić information content (AvgIpc) is 2.72. The Labute approximate surface area is 111 Å². The Bertz CT molecular complexity index is 596. The highest BCUT2D eigenvalue weighted by atomic mass is 16.5. The van der Waals surface area contributed by atoms with Crippen LogP contribution in [0, 0.1) is 0 Å². The van der Waals surface area contributed by atoms with Gasteiger partial charge in [-0.25, -0.2) is 0 Å². The summed E-state index contributed by atoms with van der Waals surface area (Å²) in [6, 6.07) is 8.76. The van der Waals surface area contributed by atoms with Crippen molar-refractivity contribution in [3.8, 4) is 11.5 Å². The summed E-state index contributed by atoms with van der Waals surface area (Å²) in [7, 11) is 0. The number of pyridine rings is 1. The van der Waals surface area contributed by atoms with E-state index in [0.29, 0.717) is 35.8 Å². The molecule has 2 aromatic rings. The zero-order valence-corrected chi connectivity index (χ0v) is 10.3. The van der Waals surface area contributed by atoms with Crippen molar-refractivity contribution in [2.75, 3.05) is 13.2 Å². The molecule has 0 bridgehead atoms. The van der Waals surface area contributed by atoms with Crippen LogP contribution in [0.15, 0.2) is 42.7 Å². The molecule has 4 heteroatoms. The van der Waals surface area contributed by atoms with Gasteiger partial charge in [-0.1, -0.05) is 0 Å². The van der Waals surface area contributed by atoms with Gasteiger partial charge < -0.3 is 9.47 Å². The molecule has 19 heavy (non-hydrogen) atoms. The predicted molar refractivity (Wildman–Crippen MR) is 69.7 cm³/mol. The maximum atomic E-state index is 12.3. The molecule has 0 amide bonds. The molecule has 1 aromatic carbocycles. The summed E-state index contributed by atoms with van der Waals surface area (Å²) in [4.78, 5) is 16.2. The summed E-state index contributed by atoms with van der Waals surface area (Å²) in [5, 5.41) is 0. The first kappa shape index (κ1) is 11.7. The van der Waals surface area contributed by atoms with Gasteiger partial charge in [-0.05, 0) is 30.3 Å². The van der Waals surface area contributed by atoms with Crippen molar-refractivity contribution in [1.82, 2.24) is 4.98 Å². The van der Waals surface area contributed by atoms with Gasteiger partial charge in [-0.3, -0.25) is 9.78 Å². The molecule has 0 saturated carbocycles. The molecule has 1 aromatic heterocycles. The highest BCUT2D eigenvalue weighted by Crippen LogP contribution is 2.31. The Morgan fingerprint density at radius 3 is 2.68 bits per heavy atom. The van der Waals surface area contributed by atoms with E-state index in [1.54, 1.807) is 42.7 Å². The average molecular weight is 255 g/mol. The molecular weight excluding hydrogens is 242 g/mol. The van der Waals surface area contributed by atoms with E-state index >= 15 is 0 Å². The Morgan fingerprint density at radius 2 is 1.89 bits per heavy atom. The molecular formula is C15H13NO3. The standard InChI is InChI=1S/C15H13NO3/c17-15(12-3-1-6-16-10-12)11-4-5-13-14(9-11)19-8-2-7-18-13/h1,3-6,9-10H,2,7-8H2. The summed E-state index contributed by atoms with van der Waals surface area (Å²) in [6.45, 7) is 1.25. The molecule has 0 saturated heterocycles. The lowest BCUT2D eigenvalue weighted by Gasteiger charge is -2.08. The molecule has 0 N–H and O–H groups in total. The Balaban J connectivity index is 1.94. The predicted octanol–water partition coefficient (Wildman–Crippen LogP) is 2.47. The Morgan fingerprint density at radius 1 is 1.05 bits per heavy atom. The van der Waals surface area contributed by atoms with Crippen molar-refractivity contribution in [2.45, 2.75) is 6.42 Å². The van der Waals surface area contributed by atoms with Crippen LogP contribution in [0.1, 0.15) is 22.3 Å². The number of rotatable bonds is 2. The van der Waals surface area contributed by atoms with Crippen LogP contribution in [0.4, 0.5) is 0 Å². The summed E-state index contributed by atoms with van der Waals surface area (Å²) >= 11 is 0. The Kier molecular flexibility index (Phi) is 3.14. The van der Waals surface area contributed by atoms with E-state index in [0.717, 1.165) is 6.42 Å². The summed E-state index contributed by atoms with van der Waals surface area (Å²) in [6.07, 6.45) is 4.05. The van der Waals surface area contributed by atoms with Gasteiger partial charge in [0.2, 0.25) is 0 Å². The molecule has 2 heterocycles. The maximum absolute atomic E-state index is 12.3. The number of hydrogen-bond acceptors (Lipinski definition) is 4. The van der Waals surface area contributed by atoms with Crippen molar-refractivity contribution in [2.24, 2.45) is 0 Å². The minimum Gasteiger partial charge on any atom is -0.490 e. The van der Waals surface area contributed by atoms with E-state index in [2.05, 4.69) is 4.98 Å². The van der Waals surface area contributed by atoms with Crippen LogP contribution in [0.25, 0.3) is 0 Å². The van der Waals surface area contributed by atoms with Gasteiger partial charge in [-0.15, -0.1) is 0 Å². The first-order valence-electron chi connectivity index (χ1n) is 6.19. The van der Waals surface area contributed by atoms with E-state index in [1.807, 2.05) is 0 Å². The number of carbonyl (C=O) groups is 1. The summed E-state index contributed by atoms with van der Waals surface area (Å²) in [5.74, 6) is 1.26. The van der Waals surface area contributed by atoms with Crippen LogP contribution in [0.2, 0.25) is 0 Å². The first-order valence-corrected chi connectivity index (χ1v) is 6.19. The monoisotopic (exact) mass is 255 g/mol. The molecule has 0 radical (unpaired) electrons. The van der Waals surface area contributed by atoms with Crippen molar-refractivity contribution in [3.63, 3.8) is 0 Å². The molecule has 1 aliphatic heterocycles. The number of aromatic nitrogens is 1. The van der Waals surface area contributed by atoms with E-state index in [4.69, 9.17) is 9.47 Å².